The Kier molecular flexibility index (Phi) is 5.72. The number of rotatable bonds is 4. The minimum absolute atomic E-state index is 0.0221. The number of benzene rings is 1. The predicted octanol–water partition coefficient (Wildman–Crippen LogP) is 5.25. The van der Waals surface area contributed by atoms with Crippen LogP contribution in [0.4, 0.5) is 13.2 Å². The monoisotopic (exact) mass is 377 g/mol. The van der Waals surface area contributed by atoms with Gasteiger partial charge in [0.15, 0.2) is 0 Å². The molecule has 1 aromatic carbocycles. The number of hydrogen-bond acceptors (Lipinski definition) is 3. The van der Waals surface area contributed by atoms with E-state index in [1.54, 1.807) is 24.3 Å². The molecule has 24 heavy (non-hydrogen) atoms. The number of nitrogens with zero attached hydrogens (tertiary/aromatic N) is 1. The molecule has 1 aromatic heterocycles. The van der Waals surface area contributed by atoms with Crippen molar-refractivity contribution in [1.29, 1.82) is 0 Å². The quantitative estimate of drug-likeness (QED) is 0.682. The van der Waals surface area contributed by atoms with E-state index in [1.807, 2.05) is 0 Å². The van der Waals surface area contributed by atoms with Crippen LogP contribution in [0.5, 0.6) is 0 Å². The lowest BCUT2D eigenvalue weighted by Gasteiger charge is -2.14. The fraction of sp³-hybridized carbons (Fsp3) is 0.250. The van der Waals surface area contributed by atoms with Crippen LogP contribution in [0, 0.1) is 0 Å². The van der Waals surface area contributed by atoms with Gasteiger partial charge in [0.25, 0.3) is 0 Å². The number of ether oxygens (including phenoxy) is 1. The maximum atomic E-state index is 12.6. The Hall–Kier alpha value is -1.79. The Bertz CT molecular complexity index is 750. The number of carbonyl (C=O) groups is 1. The Morgan fingerprint density at radius 2 is 1.92 bits per heavy atom. The van der Waals surface area contributed by atoms with E-state index in [2.05, 4.69) is 4.98 Å². The van der Waals surface area contributed by atoms with Crippen LogP contribution in [0.15, 0.2) is 36.5 Å². The summed E-state index contributed by atoms with van der Waals surface area (Å²) in [7, 11) is 0. The standard InChI is InChI=1S/C16H12Cl2F3NO2/c1-9(14-13(18)6-11(7-22-14)16(19,20)21)15(23)24-8-10-4-2-3-5-12(10)17/h2-7,9H,8H2,1H3/t9-/m0/s1. The number of alkyl halides is 3. The van der Waals surface area contributed by atoms with Gasteiger partial charge in [0, 0.05) is 16.8 Å². The van der Waals surface area contributed by atoms with Gasteiger partial charge in [-0.25, -0.2) is 0 Å². The van der Waals surface area contributed by atoms with Gasteiger partial charge in [-0.1, -0.05) is 41.4 Å². The van der Waals surface area contributed by atoms with Gasteiger partial charge in [-0.2, -0.15) is 13.2 Å². The highest BCUT2D eigenvalue weighted by Gasteiger charge is 2.32. The summed E-state index contributed by atoms with van der Waals surface area (Å²) in [6.07, 6.45) is -3.91. The van der Waals surface area contributed by atoms with Gasteiger partial charge in [0.1, 0.15) is 6.61 Å². The molecule has 0 saturated heterocycles. The maximum absolute atomic E-state index is 12.6. The third kappa shape index (κ3) is 4.39. The Balaban J connectivity index is 2.09. The van der Waals surface area contributed by atoms with Crippen molar-refractivity contribution in [3.05, 3.63) is 63.4 Å². The molecular formula is C16H12Cl2F3NO2. The molecule has 128 valence electrons. The van der Waals surface area contributed by atoms with Crippen molar-refractivity contribution < 1.29 is 22.7 Å². The average Bonchev–Trinajstić information content (AvgIpc) is 2.52. The van der Waals surface area contributed by atoms with Crippen LogP contribution in [0.1, 0.15) is 29.7 Å². The smallest absolute Gasteiger partial charge is 0.417 e. The minimum Gasteiger partial charge on any atom is -0.460 e. The molecule has 2 rings (SSSR count). The van der Waals surface area contributed by atoms with E-state index in [0.717, 1.165) is 6.07 Å². The summed E-state index contributed by atoms with van der Waals surface area (Å²) in [4.78, 5) is 15.7. The zero-order valence-electron chi connectivity index (χ0n) is 12.4. The number of hydrogen-bond donors (Lipinski definition) is 0. The van der Waals surface area contributed by atoms with E-state index in [9.17, 15) is 18.0 Å². The molecule has 0 aliphatic heterocycles. The largest absolute Gasteiger partial charge is 0.460 e. The number of carbonyl (C=O) groups excluding carboxylic acids is 1. The van der Waals surface area contributed by atoms with E-state index in [-0.39, 0.29) is 17.3 Å². The highest BCUT2D eigenvalue weighted by molar-refractivity contribution is 6.31. The SMILES string of the molecule is C[C@H](C(=O)OCc1ccccc1Cl)c1ncc(C(F)(F)F)cc1Cl. The molecule has 0 radical (unpaired) electrons. The second-order valence-electron chi connectivity index (χ2n) is 5.01. The second-order valence-corrected chi connectivity index (χ2v) is 5.82. The van der Waals surface area contributed by atoms with Crippen LogP contribution in [-0.4, -0.2) is 11.0 Å². The van der Waals surface area contributed by atoms with Gasteiger partial charge in [-0.3, -0.25) is 9.78 Å². The number of esters is 1. The molecule has 0 fully saturated rings. The fourth-order valence-corrected chi connectivity index (χ4v) is 2.44. The summed E-state index contributed by atoms with van der Waals surface area (Å²) in [5, 5.41) is 0.204. The molecule has 0 amide bonds. The molecule has 0 spiro atoms. The van der Waals surface area contributed by atoms with Gasteiger partial charge < -0.3 is 4.74 Å². The van der Waals surface area contributed by atoms with Crippen LogP contribution in [0.2, 0.25) is 10.0 Å². The average molecular weight is 378 g/mol. The van der Waals surface area contributed by atoms with E-state index >= 15 is 0 Å². The Morgan fingerprint density at radius 1 is 1.25 bits per heavy atom. The molecule has 0 aliphatic rings. The summed E-state index contributed by atoms with van der Waals surface area (Å²) < 4.78 is 42.9. The van der Waals surface area contributed by atoms with Crippen LogP contribution >= 0.6 is 23.2 Å². The first-order valence-corrected chi connectivity index (χ1v) is 7.58. The number of aromatic nitrogens is 1. The molecule has 3 nitrogen and oxygen atoms in total. The lowest BCUT2D eigenvalue weighted by atomic mass is 10.1. The maximum Gasteiger partial charge on any atom is 0.417 e. The molecule has 0 bridgehead atoms. The first kappa shape index (κ1) is 18.5. The van der Waals surface area contributed by atoms with E-state index in [1.165, 1.54) is 6.92 Å². The van der Waals surface area contributed by atoms with Gasteiger partial charge in [-0.05, 0) is 19.1 Å². The molecule has 2 aromatic rings. The van der Waals surface area contributed by atoms with Crippen molar-refractivity contribution >= 4 is 29.2 Å². The van der Waals surface area contributed by atoms with E-state index < -0.39 is 23.6 Å². The highest BCUT2D eigenvalue weighted by Crippen LogP contribution is 2.33. The summed E-state index contributed by atoms with van der Waals surface area (Å²) in [5.74, 6) is -1.58. The lowest BCUT2D eigenvalue weighted by molar-refractivity contribution is -0.146. The zero-order chi connectivity index (χ0) is 17.9. The molecular weight excluding hydrogens is 366 g/mol. The van der Waals surface area contributed by atoms with E-state index in [4.69, 9.17) is 27.9 Å². The van der Waals surface area contributed by atoms with Crippen molar-refractivity contribution in [2.24, 2.45) is 0 Å². The molecule has 8 heteroatoms. The van der Waals surface area contributed by atoms with Crippen molar-refractivity contribution in [2.75, 3.05) is 0 Å². The molecule has 0 saturated carbocycles. The highest BCUT2D eigenvalue weighted by atomic mass is 35.5. The van der Waals surface area contributed by atoms with Crippen molar-refractivity contribution in [2.45, 2.75) is 25.6 Å². The Morgan fingerprint density at radius 3 is 2.50 bits per heavy atom. The molecule has 1 heterocycles. The van der Waals surface area contributed by atoms with Crippen molar-refractivity contribution in [1.82, 2.24) is 4.98 Å². The minimum atomic E-state index is -4.55. The summed E-state index contributed by atoms with van der Waals surface area (Å²) in [5.41, 5.74) is -0.340. The number of halogens is 5. The van der Waals surface area contributed by atoms with Crippen molar-refractivity contribution in [3.8, 4) is 0 Å². The molecule has 0 unspecified atom stereocenters. The molecule has 0 N–H and O–H groups in total. The van der Waals surface area contributed by atoms with Gasteiger partial charge in [0.2, 0.25) is 0 Å². The normalized spacial score (nSPS) is 12.8. The Labute approximate surface area is 146 Å². The van der Waals surface area contributed by atoms with Crippen LogP contribution in [0.3, 0.4) is 0 Å². The molecule has 0 aliphatic carbocycles. The van der Waals surface area contributed by atoms with Crippen LogP contribution in [-0.2, 0) is 22.3 Å². The van der Waals surface area contributed by atoms with Crippen LogP contribution in [0.25, 0.3) is 0 Å². The topological polar surface area (TPSA) is 39.2 Å². The summed E-state index contributed by atoms with van der Waals surface area (Å²) in [6.45, 7) is 1.40. The van der Waals surface area contributed by atoms with Gasteiger partial charge in [-0.15, -0.1) is 0 Å². The third-order valence-electron chi connectivity index (χ3n) is 3.29. The van der Waals surface area contributed by atoms with Crippen LogP contribution < -0.4 is 0 Å². The van der Waals surface area contributed by atoms with E-state index in [0.29, 0.717) is 16.8 Å². The third-order valence-corrected chi connectivity index (χ3v) is 3.96. The predicted molar refractivity (Wildman–Crippen MR) is 83.9 cm³/mol. The first-order valence-electron chi connectivity index (χ1n) is 6.83. The fourth-order valence-electron chi connectivity index (χ4n) is 1.92. The zero-order valence-corrected chi connectivity index (χ0v) is 13.9. The summed E-state index contributed by atoms with van der Waals surface area (Å²) >= 11 is 11.8. The summed E-state index contributed by atoms with van der Waals surface area (Å²) in [6, 6.07) is 7.57. The van der Waals surface area contributed by atoms with Crippen molar-refractivity contribution in [3.63, 3.8) is 0 Å². The first-order chi connectivity index (χ1) is 11.2. The molecule has 1 atom stereocenters. The van der Waals surface area contributed by atoms with Gasteiger partial charge in [0.05, 0.1) is 22.2 Å². The second kappa shape index (κ2) is 7.40. The van der Waals surface area contributed by atoms with Gasteiger partial charge >= 0.3 is 12.1 Å². The lowest BCUT2D eigenvalue weighted by Crippen LogP contribution is -2.16. The number of pyridine rings is 1.